The quantitative estimate of drug-likeness (QED) is 0.621. The number of alkyl halides is 3. The van der Waals surface area contributed by atoms with Crippen LogP contribution in [0.1, 0.15) is 20.8 Å². The molecular formula is C6H11F3O2. The summed E-state index contributed by atoms with van der Waals surface area (Å²) in [5.74, 6) is 0. The van der Waals surface area contributed by atoms with Gasteiger partial charge in [-0.1, -0.05) is 0 Å². The van der Waals surface area contributed by atoms with Crippen molar-refractivity contribution in [2.75, 3.05) is 0 Å². The molecule has 0 aromatic rings. The van der Waals surface area contributed by atoms with Crippen molar-refractivity contribution in [2.45, 2.75) is 38.1 Å². The topological polar surface area (TPSA) is 40.5 Å². The van der Waals surface area contributed by atoms with Gasteiger partial charge in [0.1, 0.15) is 0 Å². The normalized spacial score (nSPS) is 19.6. The van der Waals surface area contributed by atoms with Gasteiger partial charge in [0.05, 0.1) is 5.60 Å². The lowest BCUT2D eigenvalue weighted by Crippen LogP contribution is -2.57. The number of hydrogen-bond acceptors (Lipinski definition) is 2. The molecule has 0 aromatic carbocycles. The van der Waals surface area contributed by atoms with Crippen LogP contribution < -0.4 is 0 Å². The maximum atomic E-state index is 11.9. The summed E-state index contributed by atoms with van der Waals surface area (Å²) in [6.45, 7) is 2.34. The lowest BCUT2D eigenvalue weighted by atomic mass is 9.87. The standard InChI is InChI=1S/C6H11F3O2/c1-4(2,10)5(3,11)6(7,8)9/h10-11H,1-3H3. The maximum absolute atomic E-state index is 11.9. The zero-order chi connectivity index (χ0) is 9.50. The first-order valence-corrected chi connectivity index (χ1v) is 3.01. The lowest BCUT2D eigenvalue weighted by molar-refractivity contribution is -0.303. The highest BCUT2D eigenvalue weighted by atomic mass is 19.4. The van der Waals surface area contributed by atoms with Gasteiger partial charge in [-0.3, -0.25) is 0 Å². The van der Waals surface area contributed by atoms with Crippen LogP contribution in [0.4, 0.5) is 13.2 Å². The zero-order valence-electron chi connectivity index (χ0n) is 6.53. The Morgan fingerprint density at radius 3 is 1.18 bits per heavy atom. The smallest absolute Gasteiger partial charge is 0.387 e. The first-order chi connectivity index (χ1) is 4.50. The van der Waals surface area contributed by atoms with Crippen LogP contribution >= 0.6 is 0 Å². The van der Waals surface area contributed by atoms with Crippen molar-refractivity contribution in [1.29, 1.82) is 0 Å². The highest BCUT2D eigenvalue weighted by Crippen LogP contribution is 2.37. The minimum atomic E-state index is -4.81. The predicted molar refractivity (Wildman–Crippen MR) is 33.0 cm³/mol. The molecule has 0 aliphatic heterocycles. The average molecular weight is 172 g/mol. The summed E-state index contributed by atoms with van der Waals surface area (Å²) in [4.78, 5) is 0. The van der Waals surface area contributed by atoms with Gasteiger partial charge in [-0.2, -0.15) is 13.2 Å². The van der Waals surface area contributed by atoms with Crippen molar-refractivity contribution in [1.82, 2.24) is 0 Å². The minimum absolute atomic E-state index is 0.535. The van der Waals surface area contributed by atoms with Crippen molar-refractivity contribution in [3.8, 4) is 0 Å². The van der Waals surface area contributed by atoms with Crippen LogP contribution in [0.2, 0.25) is 0 Å². The lowest BCUT2D eigenvalue weighted by Gasteiger charge is -2.36. The maximum Gasteiger partial charge on any atom is 0.419 e. The van der Waals surface area contributed by atoms with Gasteiger partial charge in [-0.15, -0.1) is 0 Å². The van der Waals surface area contributed by atoms with Gasteiger partial charge in [0.25, 0.3) is 0 Å². The monoisotopic (exact) mass is 172 g/mol. The Morgan fingerprint density at radius 1 is 0.909 bits per heavy atom. The third kappa shape index (κ3) is 1.84. The molecule has 0 fully saturated rings. The Hall–Kier alpha value is -0.290. The second kappa shape index (κ2) is 2.35. The molecule has 1 atom stereocenters. The van der Waals surface area contributed by atoms with E-state index in [1.165, 1.54) is 0 Å². The van der Waals surface area contributed by atoms with E-state index in [2.05, 4.69) is 0 Å². The van der Waals surface area contributed by atoms with Crippen molar-refractivity contribution in [2.24, 2.45) is 0 Å². The van der Waals surface area contributed by atoms with Gasteiger partial charge in [-0.05, 0) is 20.8 Å². The molecule has 11 heavy (non-hydrogen) atoms. The molecule has 0 aliphatic rings. The van der Waals surface area contributed by atoms with Crippen LogP contribution in [-0.2, 0) is 0 Å². The summed E-state index contributed by atoms with van der Waals surface area (Å²) < 4.78 is 35.8. The molecule has 1 unspecified atom stereocenters. The van der Waals surface area contributed by atoms with Gasteiger partial charge in [0, 0.05) is 0 Å². The summed E-state index contributed by atoms with van der Waals surface area (Å²) in [5.41, 5.74) is -5.26. The Kier molecular flexibility index (Phi) is 2.29. The molecule has 0 bridgehead atoms. The van der Waals surface area contributed by atoms with Gasteiger partial charge in [0.2, 0.25) is 0 Å². The van der Waals surface area contributed by atoms with Crippen LogP contribution in [0.15, 0.2) is 0 Å². The van der Waals surface area contributed by atoms with Crippen LogP contribution in [0.3, 0.4) is 0 Å². The minimum Gasteiger partial charge on any atom is -0.387 e. The van der Waals surface area contributed by atoms with Crippen molar-refractivity contribution < 1.29 is 23.4 Å². The molecule has 0 radical (unpaired) electrons. The summed E-state index contributed by atoms with van der Waals surface area (Å²) in [6.07, 6.45) is -4.81. The first-order valence-electron chi connectivity index (χ1n) is 3.01. The van der Waals surface area contributed by atoms with E-state index in [0.29, 0.717) is 6.92 Å². The van der Waals surface area contributed by atoms with Crippen LogP contribution in [0.5, 0.6) is 0 Å². The van der Waals surface area contributed by atoms with E-state index < -0.39 is 17.4 Å². The van der Waals surface area contributed by atoms with E-state index in [1.807, 2.05) is 0 Å². The molecule has 0 rings (SSSR count). The average Bonchev–Trinajstić information content (AvgIpc) is 1.58. The van der Waals surface area contributed by atoms with Gasteiger partial charge in [0.15, 0.2) is 5.60 Å². The first kappa shape index (κ1) is 10.7. The van der Waals surface area contributed by atoms with E-state index in [-0.39, 0.29) is 0 Å². The molecule has 0 saturated heterocycles. The molecule has 5 heteroatoms. The molecular weight excluding hydrogens is 161 g/mol. The number of halogens is 3. The predicted octanol–water partition coefficient (Wildman–Crippen LogP) is 1.07. The van der Waals surface area contributed by atoms with E-state index in [0.717, 1.165) is 13.8 Å². The van der Waals surface area contributed by atoms with E-state index in [1.54, 1.807) is 0 Å². The molecule has 0 aliphatic carbocycles. The number of rotatable bonds is 1. The van der Waals surface area contributed by atoms with E-state index >= 15 is 0 Å². The van der Waals surface area contributed by atoms with Gasteiger partial charge in [-0.25, -0.2) is 0 Å². The summed E-state index contributed by atoms with van der Waals surface area (Å²) in [6, 6.07) is 0. The second-order valence-corrected chi connectivity index (χ2v) is 3.13. The fourth-order valence-electron chi connectivity index (χ4n) is 0.347. The van der Waals surface area contributed by atoms with Crippen molar-refractivity contribution >= 4 is 0 Å². The van der Waals surface area contributed by atoms with E-state index in [9.17, 15) is 13.2 Å². The third-order valence-corrected chi connectivity index (χ3v) is 1.74. The van der Waals surface area contributed by atoms with E-state index in [4.69, 9.17) is 10.2 Å². The Balaban J connectivity index is 4.75. The van der Waals surface area contributed by atoms with Crippen molar-refractivity contribution in [3.05, 3.63) is 0 Å². The molecule has 0 heterocycles. The van der Waals surface area contributed by atoms with Gasteiger partial charge < -0.3 is 10.2 Å². The summed E-state index contributed by atoms with van der Waals surface area (Å²) >= 11 is 0. The molecule has 0 spiro atoms. The second-order valence-electron chi connectivity index (χ2n) is 3.13. The number of hydrogen-bond donors (Lipinski definition) is 2. The zero-order valence-corrected chi connectivity index (χ0v) is 6.53. The van der Waals surface area contributed by atoms with Crippen molar-refractivity contribution in [3.63, 3.8) is 0 Å². The SMILES string of the molecule is CC(C)(O)C(C)(O)C(F)(F)F. The Morgan fingerprint density at radius 2 is 1.18 bits per heavy atom. The highest BCUT2D eigenvalue weighted by molar-refractivity contribution is 4.95. The fourth-order valence-corrected chi connectivity index (χ4v) is 0.347. The Labute approximate surface area is 62.6 Å². The summed E-state index contributed by atoms with van der Waals surface area (Å²) in [5, 5.41) is 17.7. The third-order valence-electron chi connectivity index (χ3n) is 1.74. The fraction of sp³-hybridized carbons (Fsp3) is 1.00. The molecule has 0 amide bonds. The van der Waals surface area contributed by atoms with Gasteiger partial charge >= 0.3 is 6.18 Å². The highest BCUT2D eigenvalue weighted by Gasteiger charge is 2.58. The molecule has 2 nitrogen and oxygen atoms in total. The molecule has 0 saturated carbocycles. The van der Waals surface area contributed by atoms with Crippen LogP contribution in [-0.4, -0.2) is 27.6 Å². The molecule has 2 N–H and O–H groups in total. The van der Waals surface area contributed by atoms with Crippen LogP contribution in [0, 0.1) is 0 Å². The largest absolute Gasteiger partial charge is 0.419 e. The Bertz CT molecular complexity index is 127. The number of aliphatic hydroxyl groups is 2. The summed E-state index contributed by atoms with van der Waals surface area (Å²) in [7, 11) is 0. The van der Waals surface area contributed by atoms with Crippen LogP contribution in [0.25, 0.3) is 0 Å². The molecule has 68 valence electrons. The molecule has 0 aromatic heterocycles.